The quantitative estimate of drug-likeness (QED) is 0.485. The van der Waals surface area contributed by atoms with Gasteiger partial charge in [-0.1, -0.05) is 0 Å². The molecular formula is C5H9NO2. The van der Waals surface area contributed by atoms with Crippen molar-refractivity contribution < 1.29 is 9.94 Å². The summed E-state index contributed by atoms with van der Waals surface area (Å²) < 4.78 is 0. The van der Waals surface area contributed by atoms with Crippen molar-refractivity contribution in [2.45, 2.75) is 13.2 Å². The van der Waals surface area contributed by atoms with Crippen LogP contribution in [0.2, 0.25) is 0 Å². The standard InChI is InChI=1S/C5H9NO2/c1-4-3-5(7)6(2)8-4/h3,5,7H,1-2H3. The van der Waals surface area contributed by atoms with Crippen molar-refractivity contribution in [3.8, 4) is 0 Å². The fraction of sp³-hybridized carbons (Fsp3) is 0.600. The lowest BCUT2D eigenvalue weighted by atomic mass is 10.5. The Kier molecular flexibility index (Phi) is 1.23. The fourth-order valence-corrected chi connectivity index (χ4v) is 0.626. The summed E-state index contributed by atoms with van der Waals surface area (Å²) >= 11 is 0. The summed E-state index contributed by atoms with van der Waals surface area (Å²) in [5, 5.41) is 10.3. The molecule has 8 heavy (non-hydrogen) atoms. The summed E-state index contributed by atoms with van der Waals surface area (Å²) in [6, 6.07) is 0. The lowest BCUT2D eigenvalue weighted by molar-refractivity contribution is -0.150. The molecule has 0 amide bonds. The van der Waals surface area contributed by atoms with Gasteiger partial charge >= 0.3 is 0 Å². The number of allylic oxidation sites excluding steroid dienone is 1. The Morgan fingerprint density at radius 3 is 2.62 bits per heavy atom. The summed E-state index contributed by atoms with van der Waals surface area (Å²) in [6.45, 7) is 1.80. The van der Waals surface area contributed by atoms with Crippen LogP contribution in [0.5, 0.6) is 0 Å². The van der Waals surface area contributed by atoms with E-state index in [1.165, 1.54) is 5.06 Å². The van der Waals surface area contributed by atoms with E-state index in [0.29, 0.717) is 0 Å². The van der Waals surface area contributed by atoms with Crippen LogP contribution in [0, 0.1) is 0 Å². The summed E-state index contributed by atoms with van der Waals surface area (Å²) in [4.78, 5) is 4.92. The van der Waals surface area contributed by atoms with Gasteiger partial charge in [0.15, 0.2) is 6.23 Å². The minimum Gasteiger partial charge on any atom is -0.408 e. The lowest BCUT2D eigenvalue weighted by Gasteiger charge is -2.11. The average molecular weight is 115 g/mol. The minimum atomic E-state index is -0.560. The second-order valence-corrected chi connectivity index (χ2v) is 1.83. The van der Waals surface area contributed by atoms with Gasteiger partial charge in [0.25, 0.3) is 0 Å². The highest BCUT2D eigenvalue weighted by Gasteiger charge is 2.16. The number of hydrogen-bond donors (Lipinski definition) is 1. The predicted octanol–water partition coefficient (Wildman–Crippen LogP) is 0.0856. The van der Waals surface area contributed by atoms with Gasteiger partial charge in [-0.3, -0.25) is 0 Å². The third kappa shape index (κ3) is 0.827. The molecule has 0 aliphatic carbocycles. The van der Waals surface area contributed by atoms with E-state index in [9.17, 15) is 0 Å². The van der Waals surface area contributed by atoms with Gasteiger partial charge in [0.2, 0.25) is 0 Å². The second kappa shape index (κ2) is 1.76. The number of nitrogens with zero attached hydrogens (tertiary/aromatic N) is 1. The molecule has 0 spiro atoms. The van der Waals surface area contributed by atoms with Crippen molar-refractivity contribution >= 4 is 0 Å². The van der Waals surface area contributed by atoms with Crippen LogP contribution in [0.15, 0.2) is 11.8 Å². The maximum atomic E-state index is 8.89. The predicted molar refractivity (Wildman–Crippen MR) is 28.6 cm³/mol. The first-order chi connectivity index (χ1) is 3.70. The van der Waals surface area contributed by atoms with Crippen molar-refractivity contribution in [1.29, 1.82) is 0 Å². The van der Waals surface area contributed by atoms with Crippen molar-refractivity contribution in [1.82, 2.24) is 5.06 Å². The Labute approximate surface area is 48.1 Å². The molecule has 1 N–H and O–H groups in total. The third-order valence-corrected chi connectivity index (χ3v) is 1.04. The minimum absolute atomic E-state index is 0.560. The molecule has 1 aliphatic heterocycles. The molecular weight excluding hydrogens is 106 g/mol. The fourth-order valence-electron chi connectivity index (χ4n) is 0.626. The summed E-state index contributed by atoms with van der Waals surface area (Å²) in [7, 11) is 1.68. The van der Waals surface area contributed by atoms with Gasteiger partial charge in [-0.15, -0.1) is 5.06 Å². The highest BCUT2D eigenvalue weighted by molar-refractivity contribution is 4.96. The maximum Gasteiger partial charge on any atom is 0.162 e. The van der Waals surface area contributed by atoms with E-state index in [2.05, 4.69) is 0 Å². The highest BCUT2D eigenvalue weighted by Crippen LogP contribution is 2.11. The van der Waals surface area contributed by atoms with Crippen LogP contribution in [0.3, 0.4) is 0 Å². The van der Waals surface area contributed by atoms with Crippen molar-refractivity contribution in [3.05, 3.63) is 11.8 Å². The maximum absolute atomic E-state index is 8.89. The van der Waals surface area contributed by atoms with E-state index in [1.807, 2.05) is 0 Å². The summed E-state index contributed by atoms with van der Waals surface area (Å²) in [5.74, 6) is 0.750. The highest BCUT2D eigenvalue weighted by atomic mass is 16.7. The third-order valence-electron chi connectivity index (χ3n) is 1.04. The van der Waals surface area contributed by atoms with Crippen LogP contribution in [-0.2, 0) is 4.84 Å². The smallest absolute Gasteiger partial charge is 0.162 e. The molecule has 0 bridgehead atoms. The van der Waals surface area contributed by atoms with E-state index < -0.39 is 6.23 Å². The molecule has 1 heterocycles. The van der Waals surface area contributed by atoms with Crippen LogP contribution in [0.4, 0.5) is 0 Å². The number of aliphatic hydroxyl groups is 1. The van der Waals surface area contributed by atoms with Crippen molar-refractivity contribution in [2.24, 2.45) is 0 Å². The molecule has 1 unspecified atom stereocenters. The van der Waals surface area contributed by atoms with E-state index in [1.54, 1.807) is 20.0 Å². The molecule has 1 rings (SSSR count). The molecule has 3 nitrogen and oxygen atoms in total. The Balaban J connectivity index is 2.56. The molecule has 0 saturated heterocycles. The van der Waals surface area contributed by atoms with Gasteiger partial charge in [0.05, 0.1) is 0 Å². The van der Waals surface area contributed by atoms with Crippen LogP contribution in [0.1, 0.15) is 6.92 Å². The number of hydroxylamine groups is 2. The first kappa shape index (κ1) is 5.59. The van der Waals surface area contributed by atoms with E-state index in [4.69, 9.17) is 9.94 Å². The van der Waals surface area contributed by atoms with Gasteiger partial charge in [0, 0.05) is 13.1 Å². The molecule has 1 atom stereocenters. The zero-order valence-electron chi connectivity index (χ0n) is 4.96. The van der Waals surface area contributed by atoms with Gasteiger partial charge in [-0.25, -0.2) is 0 Å². The van der Waals surface area contributed by atoms with Crippen molar-refractivity contribution in [3.63, 3.8) is 0 Å². The van der Waals surface area contributed by atoms with Crippen LogP contribution in [-0.4, -0.2) is 23.4 Å². The first-order valence-electron chi connectivity index (χ1n) is 2.47. The summed E-state index contributed by atoms with van der Waals surface area (Å²) in [6.07, 6.45) is 1.08. The number of aliphatic hydroxyl groups excluding tert-OH is 1. The molecule has 0 fully saturated rings. The van der Waals surface area contributed by atoms with E-state index >= 15 is 0 Å². The molecule has 0 aromatic carbocycles. The molecule has 0 aromatic rings. The lowest BCUT2D eigenvalue weighted by Crippen LogP contribution is -2.23. The topological polar surface area (TPSA) is 32.7 Å². The molecule has 0 saturated carbocycles. The van der Waals surface area contributed by atoms with Crippen LogP contribution >= 0.6 is 0 Å². The van der Waals surface area contributed by atoms with Crippen molar-refractivity contribution in [2.75, 3.05) is 7.05 Å². The van der Waals surface area contributed by atoms with Gasteiger partial charge in [-0.05, 0) is 6.92 Å². The molecule has 3 heteroatoms. The number of likely N-dealkylation sites (N-methyl/N-ethyl adjacent to an activating group) is 1. The molecule has 0 radical (unpaired) electrons. The Morgan fingerprint density at radius 2 is 2.50 bits per heavy atom. The van der Waals surface area contributed by atoms with Crippen LogP contribution in [0.25, 0.3) is 0 Å². The zero-order valence-corrected chi connectivity index (χ0v) is 4.96. The van der Waals surface area contributed by atoms with Crippen LogP contribution < -0.4 is 0 Å². The Morgan fingerprint density at radius 1 is 1.88 bits per heavy atom. The molecule has 46 valence electrons. The van der Waals surface area contributed by atoms with Gasteiger partial charge in [0.1, 0.15) is 5.76 Å². The molecule has 1 aliphatic rings. The largest absolute Gasteiger partial charge is 0.408 e. The average Bonchev–Trinajstić information content (AvgIpc) is 1.85. The second-order valence-electron chi connectivity index (χ2n) is 1.83. The Hall–Kier alpha value is -0.540. The number of hydrogen-bond acceptors (Lipinski definition) is 3. The van der Waals surface area contributed by atoms with E-state index in [-0.39, 0.29) is 0 Å². The van der Waals surface area contributed by atoms with Gasteiger partial charge in [-0.2, -0.15) is 0 Å². The van der Waals surface area contributed by atoms with Gasteiger partial charge < -0.3 is 9.94 Å². The monoisotopic (exact) mass is 115 g/mol. The first-order valence-corrected chi connectivity index (χ1v) is 2.47. The SMILES string of the molecule is CC1=CC(O)N(C)O1. The molecule has 0 aromatic heterocycles. The van der Waals surface area contributed by atoms with E-state index in [0.717, 1.165) is 5.76 Å². The number of rotatable bonds is 0. The normalized spacial score (nSPS) is 29.9. The summed E-state index contributed by atoms with van der Waals surface area (Å²) in [5.41, 5.74) is 0. The zero-order chi connectivity index (χ0) is 6.15. The Bertz CT molecular complexity index is 122.